The number of benzene rings is 2. The molecule has 0 radical (unpaired) electrons. The van der Waals surface area contributed by atoms with E-state index in [1.807, 2.05) is 38.1 Å². The largest absolute Gasteiger partial charge is 0.487 e. The second kappa shape index (κ2) is 9.89. The number of anilines is 1. The van der Waals surface area contributed by atoms with Crippen molar-refractivity contribution in [2.24, 2.45) is 0 Å². The van der Waals surface area contributed by atoms with Crippen molar-refractivity contribution in [3.8, 4) is 5.75 Å². The Labute approximate surface area is 219 Å². The van der Waals surface area contributed by atoms with Gasteiger partial charge >= 0.3 is 0 Å². The fourth-order valence-corrected chi connectivity index (χ4v) is 7.11. The summed E-state index contributed by atoms with van der Waals surface area (Å²) in [6, 6.07) is 10.9. The number of hydrogen-bond donors (Lipinski definition) is 1. The van der Waals surface area contributed by atoms with Crippen molar-refractivity contribution in [3.63, 3.8) is 0 Å². The van der Waals surface area contributed by atoms with Gasteiger partial charge in [-0.1, -0.05) is 35.6 Å². The highest BCUT2D eigenvalue weighted by Crippen LogP contribution is 2.47. The number of fused-ring (bicyclic) bond motifs is 1. The molecule has 1 aromatic heterocycles. The highest BCUT2D eigenvalue weighted by molar-refractivity contribution is 7.93. The molecule has 36 heavy (non-hydrogen) atoms. The van der Waals surface area contributed by atoms with Crippen molar-refractivity contribution < 1.29 is 17.5 Å². The number of nitrogens with one attached hydrogen (secondary N) is 1. The third-order valence-electron chi connectivity index (χ3n) is 6.90. The molecule has 1 atom stereocenters. The molecule has 192 valence electrons. The number of rotatable bonds is 6. The minimum Gasteiger partial charge on any atom is -0.487 e. The zero-order valence-corrected chi connectivity index (χ0v) is 22.5. The minimum atomic E-state index is -3.86. The number of alkyl halides is 1. The van der Waals surface area contributed by atoms with E-state index in [9.17, 15) is 12.8 Å². The number of nitrogens with zero attached hydrogens (tertiary/aromatic N) is 3. The summed E-state index contributed by atoms with van der Waals surface area (Å²) in [6.45, 7) is 5.06. The number of piperidine rings is 1. The smallest absolute Gasteiger partial charge is 0.263 e. The molecule has 0 saturated carbocycles. The zero-order valence-electron chi connectivity index (χ0n) is 20.1. The Morgan fingerprint density at radius 1 is 1.17 bits per heavy atom. The van der Waals surface area contributed by atoms with Crippen LogP contribution in [-0.2, 0) is 16.7 Å². The first kappa shape index (κ1) is 25.4. The number of halogens is 2. The molecule has 3 heterocycles. The number of ether oxygens (including phenoxy) is 1. The van der Waals surface area contributed by atoms with Gasteiger partial charge in [0.25, 0.3) is 10.0 Å². The first-order valence-electron chi connectivity index (χ1n) is 11.9. The van der Waals surface area contributed by atoms with Gasteiger partial charge in [-0.2, -0.15) is 0 Å². The molecule has 1 saturated heterocycles. The van der Waals surface area contributed by atoms with Crippen molar-refractivity contribution >= 4 is 38.3 Å². The number of hydrogen-bond acceptors (Lipinski definition) is 7. The van der Waals surface area contributed by atoms with Crippen LogP contribution in [0.15, 0.2) is 46.8 Å². The minimum absolute atomic E-state index is 0.0191. The summed E-state index contributed by atoms with van der Waals surface area (Å²) in [4.78, 5) is 0.0929. The van der Waals surface area contributed by atoms with Crippen molar-refractivity contribution in [3.05, 3.63) is 64.2 Å². The summed E-state index contributed by atoms with van der Waals surface area (Å²) in [6.07, 6.45) is 2.52. The first-order chi connectivity index (χ1) is 17.1. The van der Waals surface area contributed by atoms with Gasteiger partial charge < -0.3 is 4.74 Å². The lowest BCUT2D eigenvalue weighted by Crippen LogP contribution is -2.36. The molecule has 2 aliphatic heterocycles. The predicted molar refractivity (Wildman–Crippen MR) is 139 cm³/mol. The zero-order chi connectivity index (χ0) is 25.5. The van der Waals surface area contributed by atoms with Crippen LogP contribution in [0.25, 0.3) is 0 Å². The average molecular weight is 551 g/mol. The summed E-state index contributed by atoms with van der Waals surface area (Å²) in [7, 11) is -3.86. The molecule has 1 N–H and O–H groups in total. The second-order valence-corrected chi connectivity index (χ2v) is 12.9. The second-order valence-electron chi connectivity index (χ2n) is 9.95. The van der Waals surface area contributed by atoms with Crippen molar-refractivity contribution in [2.45, 2.75) is 62.1 Å². The maximum atomic E-state index is 13.6. The molecule has 2 aliphatic rings. The van der Waals surface area contributed by atoms with Gasteiger partial charge in [-0.05, 0) is 73.6 Å². The lowest BCUT2D eigenvalue weighted by atomic mass is 9.75. The Bertz CT molecular complexity index is 1340. The van der Waals surface area contributed by atoms with Gasteiger partial charge in [0.1, 0.15) is 23.5 Å². The fraction of sp³-hybridized carbons (Fsp3) is 0.440. The Balaban J connectivity index is 1.55. The maximum Gasteiger partial charge on any atom is 0.263 e. The third kappa shape index (κ3) is 5.22. The van der Waals surface area contributed by atoms with Gasteiger partial charge in [0.2, 0.25) is 5.13 Å². The molecule has 0 aliphatic carbocycles. The van der Waals surface area contributed by atoms with Crippen LogP contribution in [0.5, 0.6) is 5.75 Å². The topological polar surface area (TPSA) is 84.4 Å². The van der Waals surface area contributed by atoms with Crippen LogP contribution in [0.1, 0.15) is 67.2 Å². The summed E-state index contributed by atoms with van der Waals surface area (Å²) < 4.78 is 50.2. The van der Waals surface area contributed by atoms with Crippen LogP contribution >= 0.6 is 23.1 Å². The van der Waals surface area contributed by atoms with Gasteiger partial charge in [-0.15, -0.1) is 10.2 Å². The van der Waals surface area contributed by atoms with Gasteiger partial charge in [0, 0.05) is 30.6 Å². The van der Waals surface area contributed by atoms with E-state index in [0.717, 1.165) is 54.0 Å². The molecule has 0 amide bonds. The van der Waals surface area contributed by atoms with Crippen LogP contribution in [0.2, 0.25) is 0 Å². The molecule has 2 aromatic carbocycles. The lowest BCUT2D eigenvalue weighted by Gasteiger charge is -2.39. The average Bonchev–Trinajstić information content (AvgIpc) is 3.35. The molecular weight excluding hydrogens is 523 g/mol. The molecule has 0 bridgehead atoms. The Morgan fingerprint density at radius 3 is 2.61 bits per heavy atom. The highest BCUT2D eigenvalue weighted by Gasteiger charge is 2.37. The molecule has 11 heteroatoms. The molecular formula is C25H28ClFN4O3S2. The van der Waals surface area contributed by atoms with Gasteiger partial charge in [0.05, 0.1) is 4.90 Å². The molecule has 5 rings (SSSR count). The van der Waals surface area contributed by atoms with E-state index in [4.69, 9.17) is 16.5 Å². The first-order valence-corrected chi connectivity index (χ1v) is 14.6. The number of sulfonamides is 1. The van der Waals surface area contributed by atoms with Crippen LogP contribution in [0.4, 0.5) is 9.52 Å². The quantitative estimate of drug-likeness (QED) is 0.388. The molecule has 3 aromatic rings. The summed E-state index contributed by atoms with van der Waals surface area (Å²) in [5.41, 5.74) is 4.82. The monoisotopic (exact) mass is 550 g/mol. The van der Waals surface area contributed by atoms with E-state index in [1.165, 1.54) is 5.51 Å². The van der Waals surface area contributed by atoms with Crippen molar-refractivity contribution in [2.75, 3.05) is 17.8 Å². The SMILES string of the molecule is CC1(C)CC(c2ccc(CF)cc2C2CCN(Cl)CC2)c2ccc(S(=O)(=O)Nc3nncs3)cc2O1. The van der Waals surface area contributed by atoms with E-state index in [0.29, 0.717) is 17.7 Å². The van der Waals surface area contributed by atoms with Crippen LogP contribution < -0.4 is 9.46 Å². The molecule has 1 fully saturated rings. The fourth-order valence-electron chi connectivity index (χ4n) is 5.21. The Hall–Kier alpha value is -2.27. The van der Waals surface area contributed by atoms with Gasteiger partial charge in [-0.3, -0.25) is 4.72 Å². The van der Waals surface area contributed by atoms with E-state index in [1.54, 1.807) is 16.6 Å². The molecule has 7 nitrogen and oxygen atoms in total. The summed E-state index contributed by atoms with van der Waals surface area (Å²) in [5.74, 6) is 0.800. The van der Waals surface area contributed by atoms with Crippen molar-refractivity contribution in [1.82, 2.24) is 14.6 Å². The summed E-state index contributed by atoms with van der Waals surface area (Å²) >= 11 is 7.32. The summed E-state index contributed by atoms with van der Waals surface area (Å²) in [5, 5.41) is 7.65. The Kier molecular flexibility index (Phi) is 6.97. The van der Waals surface area contributed by atoms with E-state index in [-0.39, 0.29) is 21.9 Å². The van der Waals surface area contributed by atoms with Crippen molar-refractivity contribution in [1.29, 1.82) is 0 Å². The van der Waals surface area contributed by atoms with Crippen LogP contribution in [0.3, 0.4) is 0 Å². The Morgan fingerprint density at radius 2 is 1.92 bits per heavy atom. The highest BCUT2D eigenvalue weighted by atomic mass is 35.5. The lowest BCUT2D eigenvalue weighted by molar-refractivity contribution is 0.0769. The maximum absolute atomic E-state index is 13.6. The van der Waals surface area contributed by atoms with E-state index < -0.39 is 22.3 Å². The van der Waals surface area contributed by atoms with E-state index in [2.05, 4.69) is 14.9 Å². The standard InChI is InChI=1S/C25H28ClFN4O3S2/c1-25(2)13-22(19-5-3-16(14-27)11-21(19)17-7-9-31(26)10-8-17)20-6-4-18(12-23(20)34-25)36(32,33)30-24-29-28-15-35-24/h3-6,11-12,15,17,22H,7-10,13-14H2,1-2H3,(H,29,30). The normalized spacial score (nSPS) is 20.5. The predicted octanol–water partition coefficient (Wildman–Crippen LogP) is 5.83. The van der Waals surface area contributed by atoms with E-state index >= 15 is 0 Å². The van der Waals surface area contributed by atoms with Gasteiger partial charge in [-0.25, -0.2) is 17.2 Å². The number of aromatic nitrogens is 2. The van der Waals surface area contributed by atoms with Gasteiger partial charge in [0.15, 0.2) is 0 Å². The molecule has 1 unspecified atom stereocenters. The van der Waals surface area contributed by atoms with Crippen LogP contribution in [-0.4, -0.2) is 41.7 Å². The molecule has 0 spiro atoms. The third-order valence-corrected chi connectivity index (χ3v) is 9.31. The van der Waals surface area contributed by atoms with Crippen LogP contribution in [0, 0.1) is 0 Å².